The van der Waals surface area contributed by atoms with Crippen LogP contribution in [-0.2, 0) is 11.2 Å². The van der Waals surface area contributed by atoms with Crippen LogP contribution < -0.4 is 15.4 Å². The highest BCUT2D eigenvalue weighted by atomic mass is 16.5. The molecule has 0 spiro atoms. The van der Waals surface area contributed by atoms with Crippen LogP contribution in [0.15, 0.2) is 35.5 Å². The second-order valence-corrected chi connectivity index (χ2v) is 8.54. The number of aromatic amines is 1. The molecule has 2 aromatic heterocycles. The number of H-pyrrole nitrogens is 1. The third-order valence-electron chi connectivity index (χ3n) is 5.85. The molecule has 0 aliphatic carbocycles. The molecule has 0 aliphatic rings. The van der Waals surface area contributed by atoms with Crippen molar-refractivity contribution < 1.29 is 9.53 Å². The maximum Gasteiger partial charge on any atom is 0.229 e. The molecule has 34 heavy (non-hydrogen) atoms. The van der Waals surface area contributed by atoms with Crippen LogP contribution in [0.1, 0.15) is 56.5 Å². The zero-order valence-corrected chi connectivity index (χ0v) is 20.9. The molecule has 1 aromatic carbocycles. The molecule has 182 valence electrons. The zero-order chi connectivity index (χ0) is 24.5. The molecule has 1 atom stereocenters. The van der Waals surface area contributed by atoms with Crippen molar-refractivity contribution in [2.45, 2.75) is 59.8 Å². The number of carbonyl (C=O) groups excluding carboxylic acids is 1. The van der Waals surface area contributed by atoms with Gasteiger partial charge in [-0.25, -0.2) is 9.97 Å². The highest BCUT2D eigenvalue weighted by Gasteiger charge is 2.18. The van der Waals surface area contributed by atoms with Crippen LogP contribution in [0, 0.1) is 19.8 Å². The number of aliphatic imine (C=N–C) groups is 1. The number of ether oxygens (including phenoxy) is 1. The minimum absolute atomic E-state index is 0.0246. The second kappa shape index (κ2) is 12.2. The number of carbonyl (C=O) groups is 1. The first-order chi connectivity index (χ1) is 16.4. The number of fused-ring (bicyclic) bond motifs is 1. The lowest BCUT2D eigenvalue weighted by Gasteiger charge is -2.16. The third-order valence-corrected chi connectivity index (χ3v) is 5.85. The molecule has 1 amide bonds. The summed E-state index contributed by atoms with van der Waals surface area (Å²) in [7, 11) is 1.66. The molecular weight excluding hydrogens is 428 g/mol. The van der Waals surface area contributed by atoms with Crippen LogP contribution in [0.4, 0.5) is 5.95 Å². The highest BCUT2D eigenvalue weighted by molar-refractivity contribution is 6.04. The molecule has 8 nitrogen and oxygen atoms in total. The summed E-state index contributed by atoms with van der Waals surface area (Å²) in [5.74, 6) is 1.55. The smallest absolute Gasteiger partial charge is 0.229 e. The van der Waals surface area contributed by atoms with E-state index >= 15 is 0 Å². The highest BCUT2D eigenvalue weighted by Crippen LogP contribution is 2.24. The number of hydrogen-bond donors (Lipinski definition) is 3. The van der Waals surface area contributed by atoms with Crippen molar-refractivity contribution in [3.05, 3.63) is 47.4 Å². The van der Waals surface area contributed by atoms with E-state index in [1.165, 1.54) is 0 Å². The van der Waals surface area contributed by atoms with Crippen LogP contribution >= 0.6 is 0 Å². The second-order valence-electron chi connectivity index (χ2n) is 8.54. The van der Waals surface area contributed by atoms with E-state index in [1.54, 1.807) is 7.11 Å². The molecule has 0 bridgehead atoms. The van der Waals surface area contributed by atoms with Gasteiger partial charge < -0.3 is 9.72 Å². The van der Waals surface area contributed by atoms with Gasteiger partial charge in [-0.2, -0.15) is 0 Å². The van der Waals surface area contributed by atoms with Crippen LogP contribution in [0.25, 0.3) is 10.9 Å². The lowest BCUT2D eigenvalue weighted by atomic mass is 9.98. The molecular formula is C26H36N6O2. The Balaban J connectivity index is 1.78. The predicted molar refractivity (Wildman–Crippen MR) is 137 cm³/mol. The molecule has 0 unspecified atom stereocenters. The van der Waals surface area contributed by atoms with E-state index in [4.69, 9.17) is 4.74 Å². The normalized spacial score (nSPS) is 12.6. The number of unbranched alkanes of at least 4 members (excludes halogenated alkanes) is 1. The van der Waals surface area contributed by atoms with Crippen molar-refractivity contribution in [3.8, 4) is 5.75 Å². The standard InChI is InChI=1S/C26H36N6O2/c1-6-8-9-19(7-2)24(33)31-25(32-26-29-17(3)14-18(4)30-26)27-13-12-20-16-28-23-11-10-21(34-5)15-22(20)23/h10-11,14-16,19,28H,6-9,12-13H2,1-5H3,(H2,27,29,30,31,32,33)/t19-/m0/s1. The molecule has 0 saturated carbocycles. The van der Waals surface area contributed by atoms with Crippen molar-refractivity contribution in [1.82, 2.24) is 20.3 Å². The summed E-state index contributed by atoms with van der Waals surface area (Å²) >= 11 is 0. The van der Waals surface area contributed by atoms with Crippen LogP contribution in [0.5, 0.6) is 5.75 Å². The molecule has 0 saturated heterocycles. The summed E-state index contributed by atoms with van der Waals surface area (Å²) in [6.07, 6.45) is 6.44. The van der Waals surface area contributed by atoms with Gasteiger partial charge in [-0.3, -0.25) is 20.4 Å². The summed E-state index contributed by atoms with van der Waals surface area (Å²) in [6.45, 7) is 8.50. The van der Waals surface area contributed by atoms with Gasteiger partial charge in [-0.05, 0) is 62.9 Å². The number of rotatable bonds is 10. The number of benzene rings is 1. The third kappa shape index (κ3) is 6.79. The molecule has 3 rings (SSSR count). The van der Waals surface area contributed by atoms with Gasteiger partial charge in [0.1, 0.15) is 5.75 Å². The summed E-state index contributed by atoms with van der Waals surface area (Å²) in [4.78, 5) is 29.8. The quantitative estimate of drug-likeness (QED) is 0.292. The van der Waals surface area contributed by atoms with Crippen molar-refractivity contribution in [2.75, 3.05) is 19.0 Å². The molecule has 0 aliphatic heterocycles. The van der Waals surface area contributed by atoms with Crippen LogP contribution in [0.2, 0.25) is 0 Å². The van der Waals surface area contributed by atoms with Gasteiger partial charge in [0.25, 0.3) is 0 Å². The molecule has 3 aromatic rings. The first-order valence-electron chi connectivity index (χ1n) is 12.0. The maximum absolute atomic E-state index is 13.0. The topological polar surface area (TPSA) is 104 Å². The Morgan fingerprint density at radius 1 is 1.18 bits per heavy atom. The molecule has 0 fully saturated rings. The van der Waals surface area contributed by atoms with Crippen LogP contribution in [0.3, 0.4) is 0 Å². The molecule has 8 heteroatoms. The summed E-state index contributed by atoms with van der Waals surface area (Å²) < 4.78 is 5.37. The fourth-order valence-electron chi connectivity index (χ4n) is 3.97. The average Bonchev–Trinajstić information content (AvgIpc) is 3.21. The molecule has 0 radical (unpaired) electrons. The zero-order valence-electron chi connectivity index (χ0n) is 20.9. The van der Waals surface area contributed by atoms with E-state index in [0.717, 1.165) is 59.3 Å². The average molecular weight is 465 g/mol. The minimum Gasteiger partial charge on any atom is -0.497 e. The number of aromatic nitrogens is 3. The van der Waals surface area contributed by atoms with Gasteiger partial charge in [0, 0.05) is 41.0 Å². The minimum atomic E-state index is -0.0480. The van der Waals surface area contributed by atoms with E-state index in [-0.39, 0.29) is 11.8 Å². The van der Waals surface area contributed by atoms with Crippen molar-refractivity contribution in [2.24, 2.45) is 10.9 Å². The lowest BCUT2D eigenvalue weighted by Crippen LogP contribution is -2.40. The van der Waals surface area contributed by atoms with Crippen molar-refractivity contribution >= 4 is 28.7 Å². The number of guanidine groups is 1. The summed E-state index contributed by atoms with van der Waals surface area (Å²) in [5, 5.41) is 7.23. The van der Waals surface area contributed by atoms with E-state index in [0.29, 0.717) is 24.9 Å². The first-order valence-corrected chi connectivity index (χ1v) is 12.0. The van der Waals surface area contributed by atoms with Crippen molar-refractivity contribution in [3.63, 3.8) is 0 Å². The Hall–Kier alpha value is -3.42. The number of aryl methyl sites for hydroxylation is 2. The van der Waals surface area contributed by atoms with E-state index in [1.807, 2.05) is 51.2 Å². The number of anilines is 1. The number of hydrogen-bond acceptors (Lipinski definition) is 5. The van der Waals surface area contributed by atoms with E-state index < -0.39 is 0 Å². The Morgan fingerprint density at radius 3 is 2.62 bits per heavy atom. The fraction of sp³-hybridized carbons (Fsp3) is 0.462. The number of methoxy groups -OCH3 is 1. The first kappa shape index (κ1) is 25.2. The van der Waals surface area contributed by atoms with Gasteiger partial charge in [0.2, 0.25) is 17.8 Å². The Morgan fingerprint density at radius 2 is 1.94 bits per heavy atom. The Kier molecular flexibility index (Phi) is 9.01. The van der Waals surface area contributed by atoms with Gasteiger partial charge in [-0.1, -0.05) is 26.7 Å². The van der Waals surface area contributed by atoms with Crippen molar-refractivity contribution in [1.29, 1.82) is 0 Å². The summed E-state index contributed by atoms with van der Waals surface area (Å²) in [6, 6.07) is 7.87. The number of amides is 1. The van der Waals surface area contributed by atoms with E-state index in [9.17, 15) is 4.79 Å². The number of nitrogens with zero attached hydrogens (tertiary/aromatic N) is 3. The number of nitrogens with one attached hydrogen (secondary N) is 3. The predicted octanol–water partition coefficient (Wildman–Crippen LogP) is 4.93. The fourth-order valence-corrected chi connectivity index (χ4v) is 3.97. The SMILES string of the molecule is CCCC[C@H](CC)C(=O)NC(=NCCc1c[nH]c2ccc(OC)cc12)Nc1nc(C)cc(C)n1. The Bertz CT molecular complexity index is 1120. The van der Waals surface area contributed by atoms with Gasteiger partial charge in [-0.15, -0.1) is 0 Å². The summed E-state index contributed by atoms with van der Waals surface area (Å²) in [5.41, 5.74) is 3.89. The molecule has 3 N–H and O–H groups in total. The monoisotopic (exact) mass is 464 g/mol. The largest absolute Gasteiger partial charge is 0.497 e. The molecule has 2 heterocycles. The van der Waals surface area contributed by atoms with Gasteiger partial charge in [0.05, 0.1) is 7.11 Å². The maximum atomic E-state index is 13.0. The van der Waals surface area contributed by atoms with E-state index in [2.05, 4.69) is 37.5 Å². The van der Waals surface area contributed by atoms with Gasteiger partial charge in [0.15, 0.2) is 0 Å². The van der Waals surface area contributed by atoms with Gasteiger partial charge >= 0.3 is 0 Å². The van der Waals surface area contributed by atoms with Crippen LogP contribution in [-0.4, -0.2) is 40.5 Å². The lowest BCUT2D eigenvalue weighted by molar-refractivity contribution is -0.123. The Labute approximate surface area is 201 Å².